The van der Waals surface area contributed by atoms with Crippen LogP contribution in [0.2, 0.25) is 0 Å². The summed E-state index contributed by atoms with van der Waals surface area (Å²) in [6.45, 7) is 0.649. The zero-order chi connectivity index (χ0) is 10.3. The Hall–Kier alpha value is -1.83. The van der Waals surface area contributed by atoms with Crippen LogP contribution in [0.25, 0.3) is 11.1 Å². The van der Waals surface area contributed by atoms with E-state index in [1.165, 1.54) is 12.1 Å². The Morgan fingerprint density at radius 2 is 1.80 bits per heavy atom. The van der Waals surface area contributed by atoms with Crippen molar-refractivity contribution in [2.45, 2.75) is 6.61 Å². The van der Waals surface area contributed by atoms with Gasteiger partial charge in [0.2, 0.25) is 0 Å². The molecule has 0 amide bonds. The Morgan fingerprint density at radius 1 is 1.00 bits per heavy atom. The van der Waals surface area contributed by atoms with Crippen LogP contribution < -0.4 is 4.74 Å². The number of hydrogen-bond donors (Lipinski definition) is 0. The second kappa shape index (κ2) is 3.09. The van der Waals surface area contributed by atoms with Gasteiger partial charge in [0.15, 0.2) is 0 Å². The second-order valence-corrected chi connectivity index (χ2v) is 3.63. The number of halogens is 1. The summed E-state index contributed by atoms with van der Waals surface area (Å²) in [5.41, 5.74) is 3.19. The molecule has 15 heavy (non-hydrogen) atoms. The maximum absolute atomic E-state index is 12.8. The minimum absolute atomic E-state index is 0.213. The molecular weight excluding hydrogens is 191 g/mol. The van der Waals surface area contributed by atoms with Gasteiger partial charge in [-0.15, -0.1) is 0 Å². The molecule has 0 saturated heterocycles. The number of benzene rings is 2. The molecule has 1 nitrogen and oxygen atoms in total. The molecule has 4 rings (SSSR count). The van der Waals surface area contributed by atoms with Crippen molar-refractivity contribution in [2.75, 3.05) is 0 Å². The maximum atomic E-state index is 12.8. The highest BCUT2D eigenvalue weighted by atomic mass is 19.1. The first-order chi connectivity index (χ1) is 7.33. The minimum Gasteiger partial charge on any atom is -0.488 e. The number of fused-ring (bicyclic) bond motifs is 3. The molecule has 2 aliphatic heterocycles. The first-order valence-electron chi connectivity index (χ1n) is 4.84. The molecule has 2 heteroatoms. The molecule has 0 saturated carbocycles. The lowest BCUT2D eigenvalue weighted by molar-refractivity contribution is 0.297. The van der Waals surface area contributed by atoms with E-state index in [2.05, 4.69) is 6.07 Å². The molecule has 2 bridgehead atoms. The van der Waals surface area contributed by atoms with Gasteiger partial charge in [0.05, 0.1) is 0 Å². The van der Waals surface area contributed by atoms with Crippen molar-refractivity contribution in [1.82, 2.24) is 0 Å². The molecule has 2 aliphatic rings. The smallest absolute Gasteiger partial charge is 0.127 e. The third kappa shape index (κ3) is 1.38. The predicted octanol–water partition coefficient (Wildman–Crippen LogP) is 3.39. The molecule has 0 spiro atoms. The lowest BCUT2D eigenvalue weighted by Crippen LogP contribution is -2.03. The molecule has 0 atom stereocenters. The first-order valence-corrected chi connectivity index (χ1v) is 4.84. The Bertz CT molecular complexity index is 502. The normalized spacial score (nSPS) is 12.6. The SMILES string of the molecule is Fc1ccc(-c2cc3ccc2OC3)cc1. The van der Waals surface area contributed by atoms with Crippen LogP contribution in [-0.2, 0) is 6.61 Å². The van der Waals surface area contributed by atoms with Crippen molar-refractivity contribution in [3.05, 3.63) is 53.8 Å². The number of rotatable bonds is 1. The maximum Gasteiger partial charge on any atom is 0.127 e. The molecule has 0 unspecified atom stereocenters. The van der Waals surface area contributed by atoms with Crippen LogP contribution in [0.3, 0.4) is 0 Å². The number of hydrogen-bond acceptors (Lipinski definition) is 1. The van der Waals surface area contributed by atoms with Crippen molar-refractivity contribution < 1.29 is 9.13 Å². The van der Waals surface area contributed by atoms with E-state index in [9.17, 15) is 4.39 Å². The lowest BCUT2D eigenvalue weighted by atomic mass is 10.0. The van der Waals surface area contributed by atoms with Crippen LogP contribution in [0.1, 0.15) is 5.56 Å². The van der Waals surface area contributed by atoms with Gasteiger partial charge in [-0.1, -0.05) is 18.2 Å². The van der Waals surface area contributed by atoms with E-state index in [0.717, 1.165) is 22.4 Å². The summed E-state index contributed by atoms with van der Waals surface area (Å²) in [5, 5.41) is 0. The molecule has 2 aromatic rings. The van der Waals surface area contributed by atoms with Crippen molar-refractivity contribution in [3.8, 4) is 16.9 Å². The predicted molar refractivity (Wildman–Crippen MR) is 56.2 cm³/mol. The summed E-state index contributed by atoms with van der Waals surface area (Å²) in [4.78, 5) is 0. The van der Waals surface area contributed by atoms with Crippen LogP contribution in [-0.4, -0.2) is 0 Å². The monoisotopic (exact) mass is 200 g/mol. The topological polar surface area (TPSA) is 9.23 Å². The van der Waals surface area contributed by atoms with Gasteiger partial charge in [0, 0.05) is 5.56 Å². The summed E-state index contributed by atoms with van der Waals surface area (Å²) in [6, 6.07) is 12.6. The molecule has 2 heterocycles. The van der Waals surface area contributed by atoms with Crippen LogP contribution in [0, 0.1) is 5.82 Å². The molecule has 74 valence electrons. The molecule has 0 aromatic heterocycles. The molecule has 0 N–H and O–H groups in total. The van der Waals surface area contributed by atoms with Gasteiger partial charge in [0.25, 0.3) is 0 Å². The fraction of sp³-hybridized carbons (Fsp3) is 0.0769. The highest BCUT2D eigenvalue weighted by Gasteiger charge is 2.13. The molecule has 0 fully saturated rings. The highest BCUT2D eigenvalue weighted by Crippen LogP contribution is 2.35. The standard InChI is InChI=1S/C13H9FO/c14-11-4-2-10(3-5-11)12-7-9-1-6-13(12)15-8-9/h1-7H,8H2. The summed E-state index contributed by atoms with van der Waals surface area (Å²) in [7, 11) is 0. The van der Waals surface area contributed by atoms with Gasteiger partial charge >= 0.3 is 0 Å². The zero-order valence-electron chi connectivity index (χ0n) is 8.03. The average molecular weight is 200 g/mol. The van der Waals surface area contributed by atoms with Gasteiger partial charge < -0.3 is 4.74 Å². The zero-order valence-corrected chi connectivity index (χ0v) is 8.03. The third-order valence-electron chi connectivity index (χ3n) is 2.59. The molecule has 0 aliphatic carbocycles. The Labute approximate surface area is 87.1 Å². The van der Waals surface area contributed by atoms with E-state index >= 15 is 0 Å². The fourth-order valence-electron chi connectivity index (χ4n) is 1.81. The minimum atomic E-state index is -0.213. The Kier molecular flexibility index (Phi) is 1.75. The van der Waals surface area contributed by atoms with E-state index in [0.29, 0.717) is 6.61 Å². The van der Waals surface area contributed by atoms with Crippen LogP contribution in [0.15, 0.2) is 42.5 Å². The first kappa shape index (κ1) is 8.48. The summed E-state index contributed by atoms with van der Waals surface area (Å²) < 4.78 is 18.3. The summed E-state index contributed by atoms with van der Waals surface area (Å²) in [6.07, 6.45) is 0. The van der Waals surface area contributed by atoms with Crippen molar-refractivity contribution in [3.63, 3.8) is 0 Å². The lowest BCUT2D eigenvalue weighted by Gasteiger charge is -2.18. The van der Waals surface area contributed by atoms with E-state index < -0.39 is 0 Å². The van der Waals surface area contributed by atoms with Gasteiger partial charge in [-0.2, -0.15) is 0 Å². The van der Waals surface area contributed by atoms with E-state index in [1.807, 2.05) is 12.1 Å². The van der Waals surface area contributed by atoms with Crippen LogP contribution >= 0.6 is 0 Å². The van der Waals surface area contributed by atoms with Crippen molar-refractivity contribution in [1.29, 1.82) is 0 Å². The molecular formula is C13H9FO. The van der Waals surface area contributed by atoms with E-state index in [1.54, 1.807) is 12.1 Å². The fourth-order valence-corrected chi connectivity index (χ4v) is 1.81. The van der Waals surface area contributed by atoms with Gasteiger partial charge in [-0.05, 0) is 35.4 Å². The van der Waals surface area contributed by atoms with Crippen LogP contribution in [0.4, 0.5) is 4.39 Å². The van der Waals surface area contributed by atoms with Crippen LogP contribution in [0.5, 0.6) is 5.75 Å². The summed E-state index contributed by atoms with van der Waals surface area (Å²) >= 11 is 0. The highest BCUT2D eigenvalue weighted by molar-refractivity contribution is 5.72. The second-order valence-electron chi connectivity index (χ2n) is 3.63. The quantitative estimate of drug-likeness (QED) is 0.685. The molecule has 0 radical (unpaired) electrons. The van der Waals surface area contributed by atoms with Gasteiger partial charge in [-0.3, -0.25) is 0 Å². The third-order valence-corrected chi connectivity index (χ3v) is 2.59. The van der Waals surface area contributed by atoms with Crippen molar-refractivity contribution in [2.24, 2.45) is 0 Å². The summed E-state index contributed by atoms with van der Waals surface area (Å²) in [5.74, 6) is 0.658. The average Bonchev–Trinajstić information content (AvgIpc) is 2.31. The Morgan fingerprint density at radius 3 is 2.33 bits per heavy atom. The van der Waals surface area contributed by atoms with Gasteiger partial charge in [-0.25, -0.2) is 4.39 Å². The largest absolute Gasteiger partial charge is 0.488 e. The van der Waals surface area contributed by atoms with Gasteiger partial charge in [0.1, 0.15) is 18.2 Å². The van der Waals surface area contributed by atoms with E-state index in [-0.39, 0.29) is 5.82 Å². The molecule has 2 aromatic carbocycles. The van der Waals surface area contributed by atoms with E-state index in [4.69, 9.17) is 4.74 Å². The number of ether oxygens (including phenoxy) is 1. The van der Waals surface area contributed by atoms with Crippen molar-refractivity contribution >= 4 is 0 Å². The Balaban J connectivity index is 2.14.